The Morgan fingerprint density at radius 2 is 2.00 bits per heavy atom. The van der Waals surface area contributed by atoms with Crippen molar-refractivity contribution in [3.63, 3.8) is 0 Å². The highest BCUT2D eigenvalue weighted by Crippen LogP contribution is 2.36. The van der Waals surface area contributed by atoms with E-state index in [0.29, 0.717) is 24.0 Å². The first-order valence-corrected chi connectivity index (χ1v) is 7.61. The molecule has 0 saturated carbocycles. The molecule has 128 valence electrons. The lowest BCUT2D eigenvalue weighted by molar-refractivity contribution is -0.137. The van der Waals surface area contributed by atoms with Crippen molar-refractivity contribution in [2.75, 3.05) is 27.3 Å². The fourth-order valence-corrected chi connectivity index (χ4v) is 2.14. The molecule has 0 saturated heterocycles. The van der Waals surface area contributed by atoms with Crippen molar-refractivity contribution in [1.82, 2.24) is 4.90 Å². The molecule has 0 heterocycles. The van der Waals surface area contributed by atoms with Gasteiger partial charge in [0.25, 0.3) is 5.91 Å². The summed E-state index contributed by atoms with van der Waals surface area (Å²) in [4.78, 5) is 24.0. The number of halogens is 1. The van der Waals surface area contributed by atoms with E-state index in [4.69, 9.17) is 26.2 Å². The maximum atomic E-state index is 12.2. The third-order valence-electron chi connectivity index (χ3n) is 3.14. The second-order valence-electron chi connectivity index (χ2n) is 5.58. The number of aliphatic carboxylic acids is 1. The maximum Gasteiger partial charge on any atom is 0.323 e. The molecule has 0 atom stereocenters. The van der Waals surface area contributed by atoms with Crippen molar-refractivity contribution >= 4 is 23.5 Å². The van der Waals surface area contributed by atoms with Crippen molar-refractivity contribution in [2.24, 2.45) is 5.92 Å². The summed E-state index contributed by atoms with van der Waals surface area (Å²) in [5.74, 6) is -0.334. The average Bonchev–Trinajstić information content (AvgIpc) is 2.46. The van der Waals surface area contributed by atoms with Gasteiger partial charge in [0.15, 0.2) is 11.5 Å². The van der Waals surface area contributed by atoms with Gasteiger partial charge in [-0.15, -0.1) is 0 Å². The second-order valence-corrected chi connectivity index (χ2v) is 5.98. The highest BCUT2D eigenvalue weighted by Gasteiger charge is 2.19. The summed E-state index contributed by atoms with van der Waals surface area (Å²) in [5.41, 5.74) is 0.242. The molecule has 0 spiro atoms. The summed E-state index contributed by atoms with van der Waals surface area (Å²) < 4.78 is 10.9. The van der Waals surface area contributed by atoms with Crippen molar-refractivity contribution in [1.29, 1.82) is 0 Å². The van der Waals surface area contributed by atoms with Gasteiger partial charge < -0.3 is 19.5 Å². The Kier molecular flexibility index (Phi) is 7.16. The summed E-state index contributed by atoms with van der Waals surface area (Å²) in [6.07, 6.45) is 0.863. The smallest absolute Gasteiger partial charge is 0.323 e. The predicted octanol–water partition coefficient (Wildman–Crippen LogP) is 2.93. The third kappa shape index (κ3) is 5.63. The fourth-order valence-electron chi connectivity index (χ4n) is 1.88. The van der Waals surface area contributed by atoms with E-state index in [0.717, 1.165) is 11.3 Å². The van der Waals surface area contributed by atoms with Gasteiger partial charge in [0.1, 0.15) is 6.54 Å². The Bertz CT molecular complexity index is 574. The van der Waals surface area contributed by atoms with E-state index in [1.807, 2.05) is 0 Å². The van der Waals surface area contributed by atoms with Gasteiger partial charge in [0.2, 0.25) is 0 Å². The van der Waals surface area contributed by atoms with E-state index < -0.39 is 18.4 Å². The third-order valence-corrected chi connectivity index (χ3v) is 3.42. The number of amides is 1. The Morgan fingerprint density at radius 1 is 1.35 bits per heavy atom. The zero-order valence-corrected chi connectivity index (χ0v) is 14.5. The molecule has 0 radical (unpaired) electrons. The molecule has 0 bridgehead atoms. The van der Waals surface area contributed by atoms with Crippen molar-refractivity contribution < 1.29 is 24.2 Å². The number of methoxy groups -OCH3 is 1. The SMILES string of the molecule is COc1cc(C(=O)N(C)CC(=O)O)cc(Cl)c1OCCC(C)C. The first kappa shape index (κ1) is 19.1. The number of carboxylic acids is 1. The average molecular weight is 344 g/mol. The summed E-state index contributed by atoms with van der Waals surface area (Å²) in [6.45, 7) is 4.26. The number of likely N-dealkylation sites (N-methyl/N-ethyl adjacent to an activating group) is 1. The molecule has 0 fully saturated rings. The molecule has 1 amide bonds. The molecule has 1 aromatic carbocycles. The molecular weight excluding hydrogens is 322 g/mol. The van der Waals surface area contributed by atoms with Crippen LogP contribution in [-0.4, -0.2) is 49.2 Å². The van der Waals surface area contributed by atoms with Crippen molar-refractivity contribution in [3.8, 4) is 11.5 Å². The van der Waals surface area contributed by atoms with E-state index in [1.54, 1.807) is 0 Å². The lowest BCUT2D eigenvalue weighted by Crippen LogP contribution is -2.31. The number of hydrogen-bond donors (Lipinski definition) is 1. The highest BCUT2D eigenvalue weighted by molar-refractivity contribution is 6.32. The Morgan fingerprint density at radius 3 is 2.52 bits per heavy atom. The second kappa shape index (κ2) is 8.62. The van der Waals surface area contributed by atoms with Crippen LogP contribution in [0.15, 0.2) is 12.1 Å². The number of nitrogens with zero attached hydrogens (tertiary/aromatic N) is 1. The molecule has 0 unspecified atom stereocenters. The van der Waals surface area contributed by atoms with Gasteiger partial charge in [-0.3, -0.25) is 9.59 Å². The normalized spacial score (nSPS) is 10.5. The molecule has 0 aromatic heterocycles. The topological polar surface area (TPSA) is 76.1 Å². The zero-order chi connectivity index (χ0) is 17.6. The standard InChI is InChI=1S/C16H22ClNO5/c1-10(2)5-6-23-15-12(17)7-11(8-13(15)22-4)16(21)18(3)9-14(19)20/h7-8,10H,5-6,9H2,1-4H3,(H,19,20). The number of carbonyl (C=O) groups excluding carboxylic acids is 1. The summed E-state index contributed by atoms with van der Waals surface area (Å²) in [7, 11) is 2.86. The van der Waals surface area contributed by atoms with Gasteiger partial charge in [-0.1, -0.05) is 25.4 Å². The number of carbonyl (C=O) groups is 2. The lowest BCUT2D eigenvalue weighted by atomic mass is 10.1. The number of benzene rings is 1. The molecule has 6 nitrogen and oxygen atoms in total. The van der Waals surface area contributed by atoms with Gasteiger partial charge in [-0.2, -0.15) is 0 Å². The van der Waals surface area contributed by atoms with E-state index in [9.17, 15) is 9.59 Å². The van der Waals surface area contributed by atoms with Crippen LogP contribution >= 0.6 is 11.6 Å². The monoisotopic (exact) mass is 343 g/mol. The minimum absolute atomic E-state index is 0.242. The van der Waals surface area contributed by atoms with Gasteiger partial charge in [0, 0.05) is 12.6 Å². The number of carboxylic acid groups (broad SMARTS) is 1. The Balaban J connectivity index is 2.99. The fraction of sp³-hybridized carbons (Fsp3) is 0.500. The van der Waals surface area contributed by atoms with Crippen LogP contribution in [0.25, 0.3) is 0 Å². The van der Waals surface area contributed by atoms with E-state index in [2.05, 4.69) is 13.8 Å². The van der Waals surface area contributed by atoms with Gasteiger partial charge in [-0.05, 0) is 24.5 Å². The van der Waals surface area contributed by atoms with Crippen LogP contribution < -0.4 is 9.47 Å². The van der Waals surface area contributed by atoms with Crippen LogP contribution in [0.5, 0.6) is 11.5 Å². The largest absolute Gasteiger partial charge is 0.493 e. The van der Waals surface area contributed by atoms with E-state index >= 15 is 0 Å². The first-order chi connectivity index (χ1) is 10.8. The van der Waals surface area contributed by atoms with Crippen molar-refractivity contribution in [2.45, 2.75) is 20.3 Å². The molecule has 23 heavy (non-hydrogen) atoms. The van der Waals surface area contributed by atoms with Gasteiger partial charge in [-0.25, -0.2) is 0 Å². The molecular formula is C16H22ClNO5. The lowest BCUT2D eigenvalue weighted by Gasteiger charge is -2.18. The van der Waals surface area contributed by atoms with Crippen LogP contribution in [-0.2, 0) is 4.79 Å². The van der Waals surface area contributed by atoms with Gasteiger partial charge >= 0.3 is 5.97 Å². The molecule has 7 heteroatoms. The van der Waals surface area contributed by atoms with Crippen LogP contribution in [0, 0.1) is 5.92 Å². The molecule has 0 aliphatic heterocycles. The van der Waals surface area contributed by atoms with Crippen LogP contribution in [0.2, 0.25) is 5.02 Å². The van der Waals surface area contributed by atoms with E-state index in [1.165, 1.54) is 26.3 Å². The Labute approximate surface area is 140 Å². The van der Waals surface area contributed by atoms with E-state index in [-0.39, 0.29) is 10.6 Å². The number of ether oxygens (including phenoxy) is 2. The number of hydrogen-bond acceptors (Lipinski definition) is 4. The summed E-state index contributed by atoms with van der Waals surface area (Å²) in [5, 5.41) is 9.01. The zero-order valence-electron chi connectivity index (χ0n) is 13.8. The molecule has 1 N–H and O–H groups in total. The predicted molar refractivity (Wildman–Crippen MR) is 87.6 cm³/mol. The van der Waals surface area contributed by atoms with Crippen LogP contribution in [0.3, 0.4) is 0 Å². The van der Waals surface area contributed by atoms with Gasteiger partial charge in [0.05, 0.1) is 18.7 Å². The van der Waals surface area contributed by atoms with Crippen LogP contribution in [0.4, 0.5) is 0 Å². The highest BCUT2D eigenvalue weighted by atomic mass is 35.5. The molecule has 1 aromatic rings. The molecule has 1 rings (SSSR count). The number of rotatable bonds is 8. The first-order valence-electron chi connectivity index (χ1n) is 7.23. The van der Waals surface area contributed by atoms with Crippen LogP contribution in [0.1, 0.15) is 30.6 Å². The minimum atomic E-state index is -1.09. The maximum absolute atomic E-state index is 12.2. The summed E-state index contributed by atoms with van der Waals surface area (Å²) in [6, 6.07) is 2.95. The minimum Gasteiger partial charge on any atom is -0.493 e. The van der Waals surface area contributed by atoms with Crippen molar-refractivity contribution in [3.05, 3.63) is 22.7 Å². The quantitative estimate of drug-likeness (QED) is 0.785. The summed E-state index contributed by atoms with van der Waals surface area (Å²) >= 11 is 6.19. The Hall–Kier alpha value is -1.95. The molecule has 0 aliphatic rings. The molecule has 0 aliphatic carbocycles.